The van der Waals surface area contributed by atoms with E-state index in [1.54, 1.807) is 7.11 Å². The number of anilines is 1. The van der Waals surface area contributed by atoms with Crippen LogP contribution in [0.4, 0.5) is 10.5 Å². The van der Waals surface area contributed by atoms with Gasteiger partial charge in [0.25, 0.3) is 0 Å². The Hall–Kier alpha value is -1.43. The standard InChI is InChI=1S/C14H21BrN2O3/c1-14(2,3)20-13(18)17-8-7-16-10-5-6-11(15)12(9-10)19-4/h5-6,9,16H,7-8H2,1-4H3,(H,17,18). The molecule has 112 valence electrons. The molecule has 1 aromatic rings. The Labute approximate surface area is 128 Å². The molecule has 0 aliphatic carbocycles. The summed E-state index contributed by atoms with van der Waals surface area (Å²) in [5, 5.41) is 5.88. The van der Waals surface area contributed by atoms with E-state index < -0.39 is 11.7 Å². The molecule has 0 radical (unpaired) electrons. The van der Waals surface area contributed by atoms with E-state index in [0.29, 0.717) is 13.1 Å². The second kappa shape index (κ2) is 7.38. The van der Waals surface area contributed by atoms with Gasteiger partial charge in [0, 0.05) is 24.8 Å². The van der Waals surface area contributed by atoms with Crippen LogP contribution in [0, 0.1) is 0 Å². The fourth-order valence-corrected chi connectivity index (χ4v) is 1.86. The van der Waals surface area contributed by atoms with Gasteiger partial charge in [0.2, 0.25) is 0 Å². The van der Waals surface area contributed by atoms with Crippen LogP contribution >= 0.6 is 15.9 Å². The van der Waals surface area contributed by atoms with Crippen molar-refractivity contribution >= 4 is 27.7 Å². The second-order valence-corrected chi connectivity index (χ2v) is 6.06. The first-order chi connectivity index (χ1) is 9.31. The van der Waals surface area contributed by atoms with Crippen LogP contribution in [0.3, 0.4) is 0 Å². The third-order valence-corrected chi connectivity index (χ3v) is 2.93. The quantitative estimate of drug-likeness (QED) is 0.803. The maximum Gasteiger partial charge on any atom is 0.407 e. The molecule has 0 saturated carbocycles. The van der Waals surface area contributed by atoms with E-state index in [2.05, 4.69) is 26.6 Å². The molecule has 0 aliphatic heterocycles. The van der Waals surface area contributed by atoms with Crippen molar-refractivity contribution in [3.8, 4) is 5.75 Å². The summed E-state index contributed by atoms with van der Waals surface area (Å²) in [5.41, 5.74) is 0.451. The molecule has 0 unspecified atom stereocenters. The summed E-state index contributed by atoms with van der Waals surface area (Å²) >= 11 is 3.39. The number of ether oxygens (including phenoxy) is 2. The number of methoxy groups -OCH3 is 1. The minimum Gasteiger partial charge on any atom is -0.495 e. The van der Waals surface area contributed by atoms with Crippen molar-refractivity contribution in [1.82, 2.24) is 5.32 Å². The molecule has 0 atom stereocenters. The molecule has 0 saturated heterocycles. The topological polar surface area (TPSA) is 59.6 Å². The maximum atomic E-state index is 11.4. The smallest absolute Gasteiger partial charge is 0.407 e. The van der Waals surface area contributed by atoms with Gasteiger partial charge >= 0.3 is 6.09 Å². The van der Waals surface area contributed by atoms with Crippen LogP contribution in [0.2, 0.25) is 0 Å². The fourth-order valence-electron chi connectivity index (χ4n) is 1.46. The number of hydrogen-bond acceptors (Lipinski definition) is 4. The first-order valence-corrected chi connectivity index (χ1v) is 7.15. The Morgan fingerprint density at radius 2 is 2.00 bits per heavy atom. The van der Waals surface area contributed by atoms with Gasteiger partial charge in [-0.25, -0.2) is 4.79 Å². The minimum absolute atomic E-state index is 0.410. The van der Waals surface area contributed by atoms with Crippen LogP contribution < -0.4 is 15.4 Å². The second-order valence-electron chi connectivity index (χ2n) is 5.20. The summed E-state index contributed by atoms with van der Waals surface area (Å²) in [7, 11) is 1.62. The zero-order valence-electron chi connectivity index (χ0n) is 12.2. The predicted octanol–water partition coefficient (Wildman–Crippen LogP) is 3.39. The zero-order chi connectivity index (χ0) is 15.2. The van der Waals surface area contributed by atoms with Crippen molar-refractivity contribution in [2.75, 3.05) is 25.5 Å². The lowest BCUT2D eigenvalue weighted by molar-refractivity contribution is 0.0530. The van der Waals surface area contributed by atoms with E-state index in [1.807, 2.05) is 39.0 Å². The molecule has 1 aromatic carbocycles. The summed E-state index contributed by atoms with van der Waals surface area (Å²) < 4.78 is 11.2. The molecule has 0 heterocycles. The molecular formula is C14H21BrN2O3. The number of benzene rings is 1. The Bertz CT molecular complexity index is 458. The highest BCUT2D eigenvalue weighted by molar-refractivity contribution is 9.10. The van der Waals surface area contributed by atoms with Gasteiger partial charge in [-0.05, 0) is 48.8 Å². The molecule has 5 nitrogen and oxygen atoms in total. The summed E-state index contributed by atoms with van der Waals surface area (Å²) in [5.74, 6) is 0.759. The molecule has 6 heteroatoms. The van der Waals surface area contributed by atoms with E-state index >= 15 is 0 Å². The molecule has 0 spiro atoms. The largest absolute Gasteiger partial charge is 0.495 e. The fraction of sp³-hybridized carbons (Fsp3) is 0.500. The van der Waals surface area contributed by atoms with Crippen molar-refractivity contribution in [2.45, 2.75) is 26.4 Å². The summed E-state index contributed by atoms with van der Waals surface area (Å²) in [6.07, 6.45) is -0.410. The van der Waals surface area contributed by atoms with Gasteiger partial charge in [-0.3, -0.25) is 0 Å². The summed E-state index contributed by atoms with van der Waals surface area (Å²) in [6, 6.07) is 5.72. The first-order valence-electron chi connectivity index (χ1n) is 6.36. The van der Waals surface area contributed by atoms with Crippen LogP contribution in [-0.4, -0.2) is 31.9 Å². The Morgan fingerprint density at radius 3 is 2.60 bits per heavy atom. The van der Waals surface area contributed by atoms with Gasteiger partial charge in [0.1, 0.15) is 11.4 Å². The SMILES string of the molecule is COc1cc(NCCNC(=O)OC(C)(C)C)ccc1Br. The van der Waals surface area contributed by atoms with Crippen molar-refractivity contribution in [3.05, 3.63) is 22.7 Å². The molecule has 1 rings (SSSR count). The zero-order valence-corrected chi connectivity index (χ0v) is 13.8. The molecule has 0 bridgehead atoms. The molecule has 2 N–H and O–H groups in total. The predicted molar refractivity (Wildman–Crippen MR) is 83.4 cm³/mol. The van der Waals surface area contributed by atoms with E-state index in [9.17, 15) is 4.79 Å². The number of carbonyl (C=O) groups is 1. The van der Waals surface area contributed by atoms with Crippen LogP contribution in [0.1, 0.15) is 20.8 Å². The highest BCUT2D eigenvalue weighted by atomic mass is 79.9. The van der Waals surface area contributed by atoms with E-state index in [-0.39, 0.29) is 0 Å². The molecule has 0 aromatic heterocycles. The van der Waals surface area contributed by atoms with Gasteiger partial charge in [-0.15, -0.1) is 0 Å². The summed E-state index contributed by atoms with van der Waals surface area (Å²) in [4.78, 5) is 11.4. The highest BCUT2D eigenvalue weighted by Gasteiger charge is 2.15. The van der Waals surface area contributed by atoms with Crippen LogP contribution in [0.25, 0.3) is 0 Å². The minimum atomic E-state index is -0.476. The summed E-state index contributed by atoms with van der Waals surface area (Å²) in [6.45, 7) is 6.58. The number of amides is 1. The maximum absolute atomic E-state index is 11.4. The van der Waals surface area contributed by atoms with E-state index in [0.717, 1.165) is 15.9 Å². The monoisotopic (exact) mass is 344 g/mol. The Kier molecular flexibility index (Phi) is 6.13. The van der Waals surface area contributed by atoms with Gasteiger partial charge in [-0.1, -0.05) is 0 Å². The van der Waals surface area contributed by atoms with E-state index in [4.69, 9.17) is 9.47 Å². The van der Waals surface area contributed by atoms with Crippen molar-refractivity contribution in [2.24, 2.45) is 0 Å². The molecule has 0 fully saturated rings. The Balaban J connectivity index is 2.33. The average molecular weight is 345 g/mol. The lowest BCUT2D eigenvalue weighted by Gasteiger charge is -2.19. The lowest BCUT2D eigenvalue weighted by Crippen LogP contribution is -2.34. The number of halogens is 1. The number of carbonyl (C=O) groups excluding carboxylic acids is 1. The van der Waals surface area contributed by atoms with Gasteiger partial charge < -0.3 is 20.1 Å². The molecule has 1 amide bonds. The van der Waals surface area contributed by atoms with E-state index in [1.165, 1.54) is 0 Å². The molecule has 0 aliphatic rings. The van der Waals surface area contributed by atoms with Crippen molar-refractivity contribution in [3.63, 3.8) is 0 Å². The van der Waals surface area contributed by atoms with Gasteiger partial charge in [-0.2, -0.15) is 0 Å². The van der Waals surface area contributed by atoms with Crippen molar-refractivity contribution < 1.29 is 14.3 Å². The molecule has 20 heavy (non-hydrogen) atoms. The third-order valence-electron chi connectivity index (χ3n) is 2.27. The first kappa shape index (κ1) is 16.6. The Morgan fingerprint density at radius 1 is 1.30 bits per heavy atom. The number of hydrogen-bond donors (Lipinski definition) is 2. The van der Waals surface area contributed by atoms with Crippen molar-refractivity contribution in [1.29, 1.82) is 0 Å². The highest BCUT2D eigenvalue weighted by Crippen LogP contribution is 2.27. The van der Waals surface area contributed by atoms with Crippen LogP contribution in [0.15, 0.2) is 22.7 Å². The number of nitrogens with one attached hydrogen (secondary N) is 2. The van der Waals surface area contributed by atoms with Gasteiger partial charge in [0.15, 0.2) is 0 Å². The molecular weight excluding hydrogens is 324 g/mol. The lowest BCUT2D eigenvalue weighted by atomic mass is 10.2. The number of alkyl carbamates (subject to hydrolysis) is 1. The number of rotatable bonds is 5. The van der Waals surface area contributed by atoms with Crippen LogP contribution in [-0.2, 0) is 4.74 Å². The average Bonchev–Trinajstić information content (AvgIpc) is 2.34. The van der Waals surface area contributed by atoms with Crippen LogP contribution in [0.5, 0.6) is 5.75 Å². The van der Waals surface area contributed by atoms with Gasteiger partial charge in [0.05, 0.1) is 11.6 Å². The third kappa shape index (κ3) is 6.14. The normalized spacial score (nSPS) is 10.8.